The van der Waals surface area contributed by atoms with E-state index in [1.165, 1.54) is 0 Å². The van der Waals surface area contributed by atoms with E-state index < -0.39 is 20.6 Å². The molecule has 4 N–H and O–H groups in total. The molecule has 0 heterocycles. The van der Waals surface area contributed by atoms with E-state index in [0.29, 0.717) is 0 Å². The number of nitrogens with one attached hydrogen (secondary N) is 1. The first-order valence-corrected chi connectivity index (χ1v) is 4.37. The maximum atomic E-state index is 8.97. The number of hydrogen-bond acceptors (Lipinski definition) is 6. The van der Waals surface area contributed by atoms with Gasteiger partial charge in [-0.25, -0.2) is 5.14 Å². The normalized spacial score (nSPS) is 10.5. The van der Waals surface area contributed by atoms with E-state index >= 15 is 0 Å². The van der Waals surface area contributed by atoms with Gasteiger partial charge >= 0.3 is 59.2 Å². The van der Waals surface area contributed by atoms with Crippen molar-refractivity contribution in [3.05, 3.63) is 0 Å². The van der Waals surface area contributed by atoms with Crippen molar-refractivity contribution in [1.29, 1.82) is 4.78 Å². The molecular weight excluding hydrogens is 325 g/mol. The van der Waals surface area contributed by atoms with E-state index in [1.54, 1.807) is 0 Å². The van der Waals surface area contributed by atoms with Gasteiger partial charge in [0.05, 0.1) is 0 Å². The Morgan fingerprint density at radius 2 is 1.27 bits per heavy atom. The Labute approximate surface area is 104 Å². The summed E-state index contributed by atoms with van der Waals surface area (Å²) in [7, 11) is -8.83. The third-order valence-electron chi connectivity index (χ3n) is 0. The van der Waals surface area contributed by atoms with Gasteiger partial charge in [0.2, 0.25) is 0 Å². The molecule has 0 rings (SSSR count). The average Bonchev–Trinajstić information content (AvgIpc) is 1.12. The fourth-order valence-electron chi connectivity index (χ4n) is 0. The zero-order valence-corrected chi connectivity index (χ0v) is 11.2. The van der Waals surface area contributed by atoms with E-state index in [2.05, 4.69) is 5.14 Å². The van der Waals surface area contributed by atoms with E-state index in [4.69, 9.17) is 31.1 Å². The van der Waals surface area contributed by atoms with Gasteiger partial charge < -0.3 is 9.11 Å². The smallest absolute Gasteiger partial charge is 0.775 e. The maximum Gasteiger partial charge on any atom is 2.00 e. The minimum absolute atomic E-state index is 0. The van der Waals surface area contributed by atoms with Crippen molar-refractivity contribution in [3.63, 3.8) is 0 Å². The first-order valence-electron chi connectivity index (χ1n) is 1.46. The van der Waals surface area contributed by atoms with Crippen LogP contribution in [0.2, 0.25) is 0 Å². The minimum atomic E-state index is -4.67. The monoisotopic (exact) mass is 330 g/mol. The molecule has 11 heteroatoms. The predicted octanol–water partition coefficient (Wildman–Crippen LogP) is -2.34. The fraction of sp³-hybridized carbons (Fsp3) is 0. The Kier molecular flexibility index (Phi) is 11.2. The zero-order valence-electron chi connectivity index (χ0n) is 5.09. The zero-order chi connectivity index (χ0) is 9.00. The van der Waals surface area contributed by atoms with E-state index in [1.807, 2.05) is 0 Å². The van der Waals surface area contributed by atoms with Crippen LogP contribution < -0.4 is 5.14 Å². The Bertz CT molecular complexity index is 215. The Morgan fingerprint density at radius 1 is 1.27 bits per heavy atom. The molecule has 0 radical (unpaired) electrons. The largest absolute Gasteiger partial charge is 2.00 e. The van der Waals surface area contributed by atoms with Gasteiger partial charge in [-0.15, -0.1) is 0 Å². The summed E-state index contributed by atoms with van der Waals surface area (Å²) in [6, 6.07) is 0. The van der Waals surface area contributed by atoms with E-state index in [-0.39, 0.29) is 48.9 Å². The van der Waals surface area contributed by atoms with Gasteiger partial charge in [0.25, 0.3) is 0 Å². The summed E-state index contributed by atoms with van der Waals surface area (Å²) in [6.07, 6.45) is 0. The van der Waals surface area contributed by atoms with Crippen LogP contribution >= 0.6 is 0 Å². The van der Waals surface area contributed by atoms with Gasteiger partial charge in [0.1, 0.15) is 0 Å². The number of nitrogens with two attached hydrogens (primary N) is 1. The molecule has 8 nitrogen and oxygen atoms in total. The van der Waals surface area contributed by atoms with Crippen LogP contribution in [0.25, 0.3) is 0 Å². The SMILES string of the molecule is N=S(=O)([O-])[O-].NS(=O)(=O)O.[Ba+2]. The minimum Gasteiger partial charge on any atom is -0.775 e. The quantitative estimate of drug-likeness (QED) is 0.332. The second kappa shape index (κ2) is 6.79. The van der Waals surface area contributed by atoms with Gasteiger partial charge in [-0.3, -0.25) is 13.5 Å². The van der Waals surface area contributed by atoms with E-state index in [0.717, 1.165) is 0 Å². The Morgan fingerprint density at radius 3 is 1.27 bits per heavy atom. The number of rotatable bonds is 0. The summed E-state index contributed by atoms with van der Waals surface area (Å²) < 4.78 is 56.8. The van der Waals surface area contributed by atoms with Crippen molar-refractivity contribution in [1.82, 2.24) is 0 Å². The molecule has 0 saturated carbocycles. The Hall–Kier alpha value is 1.31. The molecule has 64 valence electrons. The summed E-state index contributed by atoms with van der Waals surface area (Å²) in [5.41, 5.74) is 0. The first-order chi connectivity index (χ1) is 4.00. The van der Waals surface area contributed by atoms with Gasteiger partial charge in [-0.05, 0) is 0 Å². The van der Waals surface area contributed by atoms with Crippen molar-refractivity contribution in [2.75, 3.05) is 0 Å². The Balaban J connectivity index is -0.000000107. The standard InChI is InChI=1S/Ba.2H3NO3S/c;2*1-5(2,3)4/h;2*(H3,1,2,3,4)/q+2;;/p-2. The average molecular weight is 330 g/mol. The number of hydrogen-bond donors (Lipinski definition) is 3. The van der Waals surface area contributed by atoms with Crippen molar-refractivity contribution >= 4 is 69.5 Å². The van der Waals surface area contributed by atoms with Crippen molar-refractivity contribution in [2.45, 2.75) is 0 Å². The summed E-state index contributed by atoms with van der Waals surface area (Å²) in [4.78, 5) is 0. The molecule has 0 aromatic rings. The summed E-state index contributed by atoms with van der Waals surface area (Å²) in [5, 5.41) is 3.88. The van der Waals surface area contributed by atoms with Crippen LogP contribution in [0.1, 0.15) is 0 Å². The molecule has 0 unspecified atom stereocenters. The molecule has 0 aliphatic carbocycles. The van der Waals surface area contributed by atoms with Crippen LogP contribution in [0.15, 0.2) is 0 Å². The molecule has 11 heavy (non-hydrogen) atoms. The van der Waals surface area contributed by atoms with Gasteiger partial charge in [-0.2, -0.15) is 8.42 Å². The van der Waals surface area contributed by atoms with E-state index in [9.17, 15) is 0 Å². The second-order valence-electron chi connectivity index (χ2n) is 0.969. The van der Waals surface area contributed by atoms with Gasteiger partial charge in [0.15, 0.2) is 0 Å². The van der Waals surface area contributed by atoms with Gasteiger partial charge in [-0.1, -0.05) is 10.3 Å². The third kappa shape index (κ3) is 570. The predicted molar refractivity (Wildman–Crippen MR) is 33.9 cm³/mol. The van der Waals surface area contributed by atoms with Crippen molar-refractivity contribution in [2.24, 2.45) is 5.14 Å². The van der Waals surface area contributed by atoms with Gasteiger partial charge in [0, 0.05) is 0 Å². The molecule has 0 aromatic heterocycles. The van der Waals surface area contributed by atoms with Crippen LogP contribution in [-0.4, -0.2) is 75.2 Å². The molecule has 0 saturated heterocycles. The van der Waals surface area contributed by atoms with Crippen molar-refractivity contribution < 1.29 is 26.3 Å². The van der Waals surface area contributed by atoms with Crippen LogP contribution in [0.5, 0.6) is 0 Å². The molecular formula is H4BaN2O6S2. The first kappa shape index (κ1) is 18.2. The van der Waals surface area contributed by atoms with Crippen LogP contribution in [0.4, 0.5) is 0 Å². The molecule has 0 amide bonds. The second-order valence-corrected chi connectivity index (χ2v) is 2.91. The molecule has 0 aromatic carbocycles. The fourth-order valence-corrected chi connectivity index (χ4v) is 0. The molecule has 0 spiro atoms. The summed E-state index contributed by atoms with van der Waals surface area (Å²) in [5.74, 6) is 0. The summed E-state index contributed by atoms with van der Waals surface area (Å²) in [6.45, 7) is 0. The summed E-state index contributed by atoms with van der Waals surface area (Å²) >= 11 is 0. The molecule has 0 atom stereocenters. The van der Waals surface area contributed by atoms with Crippen LogP contribution in [-0.2, 0) is 20.6 Å². The molecule has 0 aliphatic heterocycles. The van der Waals surface area contributed by atoms with Crippen LogP contribution in [0.3, 0.4) is 0 Å². The molecule has 0 aliphatic rings. The third-order valence-corrected chi connectivity index (χ3v) is 0. The molecule has 0 fully saturated rings. The van der Waals surface area contributed by atoms with Crippen LogP contribution in [0, 0.1) is 4.78 Å². The molecule has 0 bridgehead atoms. The topological polar surface area (TPSA) is 167 Å². The van der Waals surface area contributed by atoms with Crippen molar-refractivity contribution in [3.8, 4) is 0 Å². The maximum absolute atomic E-state index is 8.97.